The number of benzene rings is 3. The zero-order valence-corrected chi connectivity index (χ0v) is 20.2. The molecule has 2 N–H and O–H groups in total. The average Bonchev–Trinajstić information content (AvgIpc) is 3.17. The highest BCUT2D eigenvalue weighted by molar-refractivity contribution is 8.18. The van der Waals surface area contributed by atoms with Crippen molar-refractivity contribution in [3.8, 4) is 0 Å². The van der Waals surface area contributed by atoms with Crippen molar-refractivity contribution in [1.29, 1.82) is 0 Å². The summed E-state index contributed by atoms with van der Waals surface area (Å²) in [5.41, 5.74) is 2.14. The smallest absolute Gasteiger partial charge is 0.293 e. The molecule has 0 bridgehead atoms. The molecule has 0 spiro atoms. The van der Waals surface area contributed by atoms with Gasteiger partial charge in [-0.15, -0.1) is 0 Å². The summed E-state index contributed by atoms with van der Waals surface area (Å²) in [6, 6.07) is 26.8. The predicted molar refractivity (Wildman–Crippen MR) is 140 cm³/mol. The van der Waals surface area contributed by atoms with Crippen LogP contribution in [-0.2, 0) is 9.59 Å². The summed E-state index contributed by atoms with van der Waals surface area (Å²) < 4.78 is 0. The Morgan fingerprint density at radius 1 is 0.861 bits per heavy atom. The van der Waals surface area contributed by atoms with Gasteiger partial charge < -0.3 is 10.6 Å². The number of thioether (sulfide) groups is 1. The molecule has 0 aromatic heterocycles. The Labute approximate surface area is 213 Å². The number of imide groups is 1. The normalized spacial score (nSPS) is 15.1. The molecular weight excluding hydrogens is 474 g/mol. The average molecular weight is 500 g/mol. The largest absolute Gasteiger partial charge is 0.354 e. The van der Waals surface area contributed by atoms with Crippen molar-refractivity contribution in [3.05, 3.63) is 113 Å². The molecule has 4 rings (SSSR count). The van der Waals surface area contributed by atoms with E-state index in [2.05, 4.69) is 10.6 Å². The molecule has 0 aliphatic carbocycles. The van der Waals surface area contributed by atoms with E-state index in [1.54, 1.807) is 30.3 Å². The van der Waals surface area contributed by atoms with Crippen molar-refractivity contribution >= 4 is 40.8 Å². The minimum absolute atomic E-state index is 0.0123. The van der Waals surface area contributed by atoms with Crippen LogP contribution < -0.4 is 10.6 Å². The highest BCUT2D eigenvalue weighted by Crippen LogP contribution is 2.31. The lowest BCUT2D eigenvalue weighted by atomic mass is 10.0. The second-order valence-corrected chi connectivity index (χ2v) is 9.09. The summed E-state index contributed by atoms with van der Waals surface area (Å²) in [4.78, 5) is 51.9. The van der Waals surface area contributed by atoms with Gasteiger partial charge in [-0.2, -0.15) is 0 Å². The first-order chi connectivity index (χ1) is 17.5. The molecule has 1 saturated heterocycles. The molecule has 3 aromatic rings. The van der Waals surface area contributed by atoms with Crippen LogP contribution in [0, 0.1) is 0 Å². The van der Waals surface area contributed by atoms with Crippen LogP contribution in [-0.4, -0.2) is 41.0 Å². The van der Waals surface area contributed by atoms with E-state index in [1.165, 1.54) is 0 Å². The number of carbonyl (C=O) groups excluding carboxylic acids is 4. The van der Waals surface area contributed by atoms with Gasteiger partial charge in [0, 0.05) is 18.7 Å². The van der Waals surface area contributed by atoms with Gasteiger partial charge in [-0.3, -0.25) is 24.1 Å². The molecule has 0 saturated carbocycles. The number of carbonyl (C=O) groups is 4. The van der Waals surface area contributed by atoms with Gasteiger partial charge in [-0.05, 0) is 41.1 Å². The van der Waals surface area contributed by atoms with Gasteiger partial charge in [0.05, 0.1) is 17.4 Å². The zero-order valence-electron chi connectivity index (χ0n) is 19.4. The first kappa shape index (κ1) is 24.9. The second-order valence-electron chi connectivity index (χ2n) is 8.10. The first-order valence-corrected chi connectivity index (χ1v) is 12.3. The van der Waals surface area contributed by atoms with E-state index in [1.807, 2.05) is 66.7 Å². The standard InChI is InChI=1S/C28H25N3O4S/c32-25(19-23(21-12-6-2-7-13-21)30-26(33)22-14-8-3-9-15-22)29-16-17-31-27(34)24(36-28(31)35)18-20-10-4-1-5-11-20/h1-15,18,23H,16-17,19H2,(H,29,32)(H,30,33)/b24-18-. The molecule has 0 radical (unpaired) electrons. The summed E-state index contributed by atoms with van der Waals surface area (Å²) in [6.45, 7) is 0.179. The number of hydrogen-bond donors (Lipinski definition) is 2. The van der Waals surface area contributed by atoms with Crippen LogP contribution in [0.5, 0.6) is 0 Å². The Morgan fingerprint density at radius 2 is 1.47 bits per heavy atom. The summed E-state index contributed by atoms with van der Waals surface area (Å²) >= 11 is 0.886. The van der Waals surface area contributed by atoms with Gasteiger partial charge in [0.25, 0.3) is 17.1 Å². The van der Waals surface area contributed by atoms with E-state index in [-0.39, 0.29) is 42.5 Å². The number of nitrogens with zero attached hydrogens (tertiary/aromatic N) is 1. The van der Waals surface area contributed by atoms with Gasteiger partial charge in [0.15, 0.2) is 0 Å². The van der Waals surface area contributed by atoms with Gasteiger partial charge in [-0.25, -0.2) is 0 Å². The minimum Gasteiger partial charge on any atom is -0.354 e. The number of nitrogens with one attached hydrogen (secondary N) is 2. The fraction of sp³-hybridized carbons (Fsp3) is 0.143. The summed E-state index contributed by atoms with van der Waals surface area (Å²) in [6.07, 6.45) is 1.70. The lowest BCUT2D eigenvalue weighted by Crippen LogP contribution is -2.39. The van der Waals surface area contributed by atoms with Crippen LogP contribution >= 0.6 is 11.8 Å². The number of amides is 4. The monoisotopic (exact) mass is 499 g/mol. The van der Waals surface area contributed by atoms with E-state index in [0.29, 0.717) is 10.5 Å². The molecule has 1 aliphatic heterocycles. The Bertz CT molecular complexity index is 1260. The number of hydrogen-bond acceptors (Lipinski definition) is 5. The molecule has 7 nitrogen and oxygen atoms in total. The molecule has 8 heteroatoms. The lowest BCUT2D eigenvalue weighted by Gasteiger charge is -2.20. The summed E-state index contributed by atoms with van der Waals surface area (Å²) in [5, 5.41) is 5.32. The van der Waals surface area contributed by atoms with E-state index < -0.39 is 6.04 Å². The Kier molecular flexibility index (Phi) is 8.31. The molecular formula is C28H25N3O4S. The third-order valence-electron chi connectivity index (χ3n) is 5.56. The Balaban J connectivity index is 1.34. The first-order valence-electron chi connectivity index (χ1n) is 11.5. The molecule has 36 heavy (non-hydrogen) atoms. The van der Waals surface area contributed by atoms with Crippen molar-refractivity contribution in [2.75, 3.05) is 13.1 Å². The molecule has 1 atom stereocenters. The van der Waals surface area contributed by atoms with E-state index in [4.69, 9.17) is 0 Å². The molecule has 4 amide bonds. The van der Waals surface area contributed by atoms with E-state index in [9.17, 15) is 19.2 Å². The van der Waals surface area contributed by atoms with Gasteiger partial charge in [-0.1, -0.05) is 78.9 Å². The molecule has 3 aromatic carbocycles. The van der Waals surface area contributed by atoms with Crippen molar-refractivity contribution in [1.82, 2.24) is 15.5 Å². The maximum Gasteiger partial charge on any atom is 0.293 e. The Hall–Kier alpha value is -4.17. The molecule has 1 unspecified atom stereocenters. The molecule has 1 aliphatic rings. The third kappa shape index (κ3) is 6.49. The van der Waals surface area contributed by atoms with E-state index >= 15 is 0 Å². The third-order valence-corrected chi connectivity index (χ3v) is 6.47. The quantitative estimate of drug-likeness (QED) is 0.426. The highest BCUT2D eigenvalue weighted by Gasteiger charge is 2.34. The SMILES string of the molecule is O=C(CC(NC(=O)c1ccccc1)c1ccccc1)NCCN1C(=O)S/C(=C\c2ccccc2)C1=O. The van der Waals surface area contributed by atoms with Crippen molar-refractivity contribution in [3.63, 3.8) is 0 Å². The highest BCUT2D eigenvalue weighted by atomic mass is 32.2. The summed E-state index contributed by atoms with van der Waals surface area (Å²) in [5.74, 6) is -0.954. The second kappa shape index (κ2) is 12.0. The minimum atomic E-state index is -0.537. The maximum atomic E-state index is 12.7. The molecule has 1 heterocycles. The topological polar surface area (TPSA) is 95.6 Å². The van der Waals surface area contributed by atoms with Crippen LogP contribution in [0.25, 0.3) is 6.08 Å². The fourth-order valence-electron chi connectivity index (χ4n) is 3.73. The van der Waals surface area contributed by atoms with Gasteiger partial charge in [0.2, 0.25) is 5.91 Å². The van der Waals surface area contributed by atoms with Crippen LogP contribution in [0.3, 0.4) is 0 Å². The predicted octanol–water partition coefficient (Wildman–Crippen LogP) is 4.40. The zero-order chi connectivity index (χ0) is 25.3. The van der Waals surface area contributed by atoms with E-state index in [0.717, 1.165) is 27.8 Å². The Morgan fingerprint density at radius 3 is 2.14 bits per heavy atom. The van der Waals surface area contributed by atoms with Crippen molar-refractivity contribution < 1.29 is 19.2 Å². The summed E-state index contributed by atoms with van der Waals surface area (Å²) in [7, 11) is 0. The van der Waals surface area contributed by atoms with Crippen LogP contribution in [0.15, 0.2) is 95.9 Å². The van der Waals surface area contributed by atoms with Crippen LogP contribution in [0.4, 0.5) is 4.79 Å². The lowest BCUT2D eigenvalue weighted by molar-refractivity contribution is -0.124. The number of rotatable bonds is 9. The van der Waals surface area contributed by atoms with Crippen LogP contribution in [0.2, 0.25) is 0 Å². The molecule has 1 fully saturated rings. The maximum absolute atomic E-state index is 12.7. The fourth-order valence-corrected chi connectivity index (χ4v) is 4.59. The van der Waals surface area contributed by atoms with Gasteiger partial charge >= 0.3 is 0 Å². The van der Waals surface area contributed by atoms with Crippen molar-refractivity contribution in [2.45, 2.75) is 12.5 Å². The van der Waals surface area contributed by atoms with Crippen LogP contribution in [0.1, 0.15) is 33.9 Å². The van der Waals surface area contributed by atoms with Crippen molar-refractivity contribution in [2.24, 2.45) is 0 Å². The molecule has 182 valence electrons. The van der Waals surface area contributed by atoms with Gasteiger partial charge in [0.1, 0.15) is 0 Å².